The van der Waals surface area contributed by atoms with Gasteiger partial charge >= 0.3 is 6.18 Å². The van der Waals surface area contributed by atoms with E-state index in [1.54, 1.807) is 0 Å². The zero-order chi connectivity index (χ0) is 13.3. The summed E-state index contributed by atoms with van der Waals surface area (Å²) in [6.45, 7) is -1.17. The first kappa shape index (κ1) is 12.7. The van der Waals surface area contributed by atoms with Crippen molar-refractivity contribution < 1.29 is 13.2 Å². The summed E-state index contributed by atoms with van der Waals surface area (Å²) in [5.74, 6) is -0.0398. The lowest BCUT2D eigenvalue weighted by atomic mass is 10.2. The molecule has 0 radical (unpaired) electrons. The lowest BCUT2D eigenvalue weighted by Gasteiger charge is -2.10. The first-order chi connectivity index (χ1) is 8.46. The maximum absolute atomic E-state index is 12.5. The minimum atomic E-state index is -4.36. The van der Waals surface area contributed by atoms with E-state index < -0.39 is 12.7 Å². The number of nitriles is 1. The van der Waals surface area contributed by atoms with Gasteiger partial charge in [0.25, 0.3) is 0 Å². The maximum Gasteiger partial charge on any atom is 0.406 e. The van der Waals surface area contributed by atoms with Crippen LogP contribution >= 0.6 is 11.6 Å². The monoisotopic (exact) mass is 273 g/mol. The molecule has 3 nitrogen and oxygen atoms in total. The number of para-hydroxylation sites is 1. The number of nitrogens with zero attached hydrogens (tertiary/aromatic N) is 3. The van der Waals surface area contributed by atoms with Crippen molar-refractivity contribution in [3.63, 3.8) is 0 Å². The van der Waals surface area contributed by atoms with E-state index in [1.807, 2.05) is 6.07 Å². The normalized spacial score (nSPS) is 11.7. The van der Waals surface area contributed by atoms with Gasteiger partial charge in [-0.15, -0.1) is 11.6 Å². The summed E-state index contributed by atoms with van der Waals surface area (Å²) in [5.41, 5.74) is 0.752. The molecule has 0 spiro atoms. The van der Waals surface area contributed by atoms with Crippen LogP contribution in [0.4, 0.5) is 13.2 Å². The van der Waals surface area contributed by atoms with Crippen LogP contribution in [0.2, 0.25) is 0 Å². The quantitative estimate of drug-likeness (QED) is 0.789. The number of hydrogen-bond donors (Lipinski definition) is 0. The smallest absolute Gasteiger partial charge is 0.318 e. The van der Waals surface area contributed by atoms with Gasteiger partial charge < -0.3 is 4.57 Å². The van der Waals surface area contributed by atoms with Crippen LogP contribution in [0, 0.1) is 11.3 Å². The predicted octanol–water partition coefficient (Wildman–Crippen LogP) is 3.21. The van der Waals surface area contributed by atoms with Crippen molar-refractivity contribution in [2.45, 2.75) is 18.6 Å². The molecule has 1 heterocycles. The van der Waals surface area contributed by atoms with Crippen LogP contribution in [-0.2, 0) is 12.4 Å². The van der Waals surface area contributed by atoms with Gasteiger partial charge in [0.05, 0.1) is 17.0 Å². The Balaban J connectivity index is 2.68. The summed E-state index contributed by atoms with van der Waals surface area (Å²) in [6.07, 6.45) is -4.36. The van der Waals surface area contributed by atoms with Crippen molar-refractivity contribution in [1.82, 2.24) is 9.55 Å². The Kier molecular flexibility index (Phi) is 3.18. The van der Waals surface area contributed by atoms with Crippen LogP contribution in [0.25, 0.3) is 11.0 Å². The molecule has 1 aromatic carbocycles. The molecule has 0 aliphatic heterocycles. The van der Waals surface area contributed by atoms with Gasteiger partial charge in [-0.05, 0) is 12.1 Å². The molecule has 2 rings (SSSR count). The summed E-state index contributed by atoms with van der Waals surface area (Å²) in [4.78, 5) is 3.99. The van der Waals surface area contributed by atoms with Crippen molar-refractivity contribution in [2.75, 3.05) is 0 Å². The third-order valence-electron chi connectivity index (χ3n) is 2.44. The molecule has 0 aliphatic carbocycles. The molecule has 1 aromatic heterocycles. The van der Waals surface area contributed by atoms with Crippen LogP contribution in [-0.4, -0.2) is 15.7 Å². The van der Waals surface area contributed by atoms with Crippen LogP contribution in [0.15, 0.2) is 18.2 Å². The summed E-state index contributed by atoms with van der Waals surface area (Å²) in [5, 5.41) is 8.89. The second-order valence-corrected chi connectivity index (χ2v) is 3.92. The highest BCUT2D eigenvalue weighted by molar-refractivity contribution is 6.16. The highest BCUT2D eigenvalue weighted by Crippen LogP contribution is 2.25. The Labute approximate surface area is 105 Å². The number of aromatic nitrogens is 2. The molecular weight excluding hydrogens is 267 g/mol. The SMILES string of the molecule is N#Cc1cccc2c1nc(CCl)n2CC(F)(F)F. The van der Waals surface area contributed by atoms with Gasteiger partial charge in [-0.2, -0.15) is 18.4 Å². The van der Waals surface area contributed by atoms with Crippen molar-refractivity contribution in [3.05, 3.63) is 29.6 Å². The van der Waals surface area contributed by atoms with Crippen LogP contribution in [0.3, 0.4) is 0 Å². The lowest BCUT2D eigenvalue weighted by Crippen LogP contribution is -2.19. The van der Waals surface area contributed by atoms with Gasteiger partial charge in [0.15, 0.2) is 0 Å². The average molecular weight is 274 g/mol. The van der Waals surface area contributed by atoms with E-state index in [9.17, 15) is 13.2 Å². The molecule has 0 N–H and O–H groups in total. The number of fused-ring (bicyclic) bond motifs is 1. The molecule has 94 valence electrons. The van der Waals surface area contributed by atoms with Gasteiger partial charge in [-0.3, -0.25) is 0 Å². The Morgan fingerprint density at radius 1 is 1.39 bits per heavy atom. The zero-order valence-corrected chi connectivity index (χ0v) is 9.76. The fourth-order valence-corrected chi connectivity index (χ4v) is 1.95. The average Bonchev–Trinajstić information content (AvgIpc) is 2.65. The zero-order valence-electron chi connectivity index (χ0n) is 9.00. The Morgan fingerprint density at radius 2 is 2.11 bits per heavy atom. The standard InChI is InChI=1S/C11H7ClF3N3/c12-4-9-17-10-7(5-16)2-1-3-8(10)18(9)6-11(13,14)15/h1-3H,4,6H2. The first-order valence-corrected chi connectivity index (χ1v) is 5.50. The Hall–Kier alpha value is -1.74. The van der Waals surface area contributed by atoms with E-state index in [-0.39, 0.29) is 28.3 Å². The molecule has 0 atom stereocenters. The largest absolute Gasteiger partial charge is 0.406 e. The number of hydrogen-bond acceptors (Lipinski definition) is 2. The molecule has 0 saturated carbocycles. The van der Waals surface area contributed by atoms with Gasteiger partial charge in [-0.1, -0.05) is 6.07 Å². The molecule has 2 aromatic rings. The minimum absolute atomic E-state index is 0.103. The van der Waals surface area contributed by atoms with E-state index in [1.165, 1.54) is 18.2 Å². The van der Waals surface area contributed by atoms with E-state index >= 15 is 0 Å². The number of halogens is 4. The maximum atomic E-state index is 12.5. The highest BCUT2D eigenvalue weighted by Gasteiger charge is 2.30. The van der Waals surface area contributed by atoms with E-state index in [4.69, 9.17) is 16.9 Å². The summed E-state index contributed by atoms with van der Waals surface area (Å²) in [6, 6.07) is 6.41. The molecule has 7 heteroatoms. The summed E-state index contributed by atoms with van der Waals surface area (Å²) in [7, 11) is 0. The molecule has 0 bridgehead atoms. The predicted molar refractivity (Wildman–Crippen MR) is 60.1 cm³/mol. The fraction of sp³-hybridized carbons (Fsp3) is 0.273. The minimum Gasteiger partial charge on any atom is -0.318 e. The van der Waals surface area contributed by atoms with Crippen molar-refractivity contribution in [1.29, 1.82) is 5.26 Å². The summed E-state index contributed by atoms with van der Waals surface area (Å²) >= 11 is 5.59. The second-order valence-electron chi connectivity index (χ2n) is 3.65. The molecule has 18 heavy (non-hydrogen) atoms. The third-order valence-corrected chi connectivity index (χ3v) is 2.67. The Bertz CT molecular complexity index is 625. The number of rotatable bonds is 2. The number of alkyl halides is 4. The molecule has 0 saturated heterocycles. The van der Waals surface area contributed by atoms with Crippen molar-refractivity contribution >= 4 is 22.6 Å². The third kappa shape index (κ3) is 2.27. The van der Waals surface area contributed by atoms with Crippen LogP contribution in [0.5, 0.6) is 0 Å². The van der Waals surface area contributed by atoms with Gasteiger partial charge in [-0.25, -0.2) is 4.98 Å². The van der Waals surface area contributed by atoms with E-state index in [0.29, 0.717) is 0 Å². The van der Waals surface area contributed by atoms with Crippen molar-refractivity contribution in [3.8, 4) is 6.07 Å². The number of imidazole rings is 1. The summed E-state index contributed by atoms with van der Waals surface area (Å²) < 4.78 is 38.5. The highest BCUT2D eigenvalue weighted by atomic mass is 35.5. The van der Waals surface area contributed by atoms with E-state index in [2.05, 4.69) is 4.98 Å². The number of benzene rings is 1. The van der Waals surface area contributed by atoms with E-state index in [0.717, 1.165) is 4.57 Å². The molecule has 0 fully saturated rings. The molecule has 0 unspecified atom stereocenters. The Morgan fingerprint density at radius 3 is 2.67 bits per heavy atom. The molecule has 0 amide bonds. The van der Waals surface area contributed by atoms with Gasteiger partial charge in [0.2, 0.25) is 0 Å². The molecular formula is C11H7ClF3N3. The van der Waals surface area contributed by atoms with Crippen LogP contribution in [0.1, 0.15) is 11.4 Å². The van der Waals surface area contributed by atoms with Gasteiger partial charge in [0, 0.05) is 0 Å². The van der Waals surface area contributed by atoms with Crippen molar-refractivity contribution in [2.24, 2.45) is 0 Å². The lowest BCUT2D eigenvalue weighted by molar-refractivity contribution is -0.140. The second kappa shape index (κ2) is 4.50. The van der Waals surface area contributed by atoms with Gasteiger partial charge in [0.1, 0.15) is 24.0 Å². The molecule has 0 aliphatic rings. The topological polar surface area (TPSA) is 41.6 Å². The van der Waals surface area contributed by atoms with Crippen LogP contribution < -0.4 is 0 Å². The first-order valence-electron chi connectivity index (χ1n) is 4.97. The fourth-order valence-electron chi connectivity index (χ4n) is 1.74.